The molecule has 7 nitrogen and oxygen atoms in total. The highest BCUT2D eigenvalue weighted by molar-refractivity contribution is 7.99. The zero-order valence-electron chi connectivity index (χ0n) is 16.1. The second-order valence-electron chi connectivity index (χ2n) is 6.17. The number of carbonyl (C=O) groups is 2. The number of urea groups is 1. The second kappa shape index (κ2) is 10.2. The van der Waals surface area contributed by atoms with Gasteiger partial charge in [-0.1, -0.05) is 54.6 Å². The van der Waals surface area contributed by atoms with Gasteiger partial charge in [-0.3, -0.25) is 14.7 Å². The molecule has 0 fully saturated rings. The molecule has 0 aliphatic heterocycles. The van der Waals surface area contributed by atoms with Crippen molar-refractivity contribution in [2.24, 2.45) is 0 Å². The molecule has 3 rings (SSSR count). The van der Waals surface area contributed by atoms with Gasteiger partial charge >= 0.3 is 6.03 Å². The highest BCUT2D eigenvalue weighted by atomic mass is 35.5. The van der Waals surface area contributed by atoms with E-state index in [1.807, 2.05) is 6.92 Å². The summed E-state index contributed by atoms with van der Waals surface area (Å²) in [5.41, 5.74) is 0.797. The first-order chi connectivity index (χ1) is 14.5. The molecule has 2 N–H and O–H groups in total. The van der Waals surface area contributed by atoms with E-state index in [1.54, 1.807) is 42.5 Å². The third-order valence-electron chi connectivity index (χ3n) is 3.96. The second-order valence-corrected chi connectivity index (χ2v) is 7.52. The van der Waals surface area contributed by atoms with E-state index in [9.17, 15) is 14.0 Å². The van der Waals surface area contributed by atoms with E-state index in [0.717, 1.165) is 18.2 Å². The molecular formula is C20H19ClFN5O2S. The van der Waals surface area contributed by atoms with Gasteiger partial charge in [-0.05, 0) is 30.7 Å². The minimum absolute atomic E-state index is 0.103. The van der Waals surface area contributed by atoms with Crippen molar-refractivity contribution in [2.45, 2.75) is 18.5 Å². The van der Waals surface area contributed by atoms with Gasteiger partial charge in [0.05, 0.1) is 16.5 Å². The van der Waals surface area contributed by atoms with E-state index in [2.05, 4.69) is 20.8 Å². The molecule has 156 valence electrons. The van der Waals surface area contributed by atoms with Crippen LogP contribution in [-0.2, 0) is 4.79 Å². The van der Waals surface area contributed by atoms with Gasteiger partial charge in [0.1, 0.15) is 5.82 Å². The number of nitrogens with zero attached hydrogens (tertiary/aromatic N) is 3. The van der Waals surface area contributed by atoms with Crippen molar-refractivity contribution in [1.82, 2.24) is 25.4 Å². The predicted octanol–water partition coefficient (Wildman–Crippen LogP) is 4.05. The van der Waals surface area contributed by atoms with E-state index in [-0.39, 0.29) is 11.4 Å². The molecule has 10 heteroatoms. The number of para-hydroxylation sites is 1. The molecule has 1 aromatic heterocycles. The average molecular weight is 448 g/mol. The van der Waals surface area contributed by atoms with E-state index < -0.39 is 17.8 Å². The van der Waals surface area contributed by atoms with Crippen molar-refractivity contribution in [1.29, 1.82) is 0 Å². The summed E-state index contributed by atoms with van der Waals surface area (Å²) in [7, 11) is 0. The minimum atomic E-state index is -0.560. The Hall–Kier alpha value is -2.91. The van der Waals surface area contributed by atoms with Crippen LogP contribution in [0.1, 0.15) is 13.3 Å². The first-order valence-corrected chi connectivity index (χ1v) is 10.5. The Morgan fingerprint density at radius 1 is 1.13 bits per heavy atom. The quantitative estimate of drug-likeness (QED) is 0.533. The zero-order chi connectivity index (χ0) is 21.5. The summed E-state index contributed by atoms with van der Waals surface area (Å²) in [6.07, 6.45) is 0.757. The highest BCUT2D eigenvalue weighted by Crippen LogP contribution is 2.32. The molecule has 0 bridgehead atoms. The molecule has 2 aromatic carbocycles. The number of carbonyl (C=O) groups excluding carboxylic acids is 2. The van der Waals surface area contributed by atoms with Crippen molar-refractivity contribution < 1.29 is 14.0 Å². The van der Waals surface area contributed by atoms with E-state index in [4.69, 9.17) is 11.6 Å². The van der Waals surface area contributed by atoms with Crippen LogP contribution < -0.4 is 10.6 Å². The molecule has 3 aromatic rings. The van der Waals surface area contributed by atoms with E-state index in [0.29, 0.717) is 28.1 Å². The third-order valence-corrected chi connectivity index (χ3v) is 5.22. The molecule has 0 radical (unpaired) electrons. The Morgan fingerprint density at radius 2 is 1.87 bits per heavy atom. The number of benzene rings is 2. The van der Waals surface area contributed by atoms with E-state index in [1.165, 1.54) is 10.6 Å². The number of halogens is 2. The summed E-state index contributed by atoms with van der Waals surface area (Å²) in [6.45, 7) is 2.37. The molecule has 3 amide bonds. The molecule has 0 saturated heterocycles. The SMILES string of the molecule is CCCNC(=O)NC(=O)CSc1nnc(-c2ccccc2Cl)n1-c1ccccc1F. The minimum Gasteiger partial charge on any atom is -0.338 e. The fourth-order valence-electron chi connectivity index (χ4n) is 2.61. The van der Waals surface area contributed by atoms with Crippen molar-refractivity contribution in [3.05, 3.63) is 59.4 Å². The van der Waals surface area contributed by atoms with Crippen LogP contribution in [0.25, 0.3) is 17.1 Å². The lowest BCUT2D eigenvalue weighted by molar-refractivity contribution is -0.117. The smallest absolute Gasteiger partial charge is 0.321 e. The maximum atomic E-state index is 14.6. The van der Waals surface area contributed by atoms with Crippen LogP contribution in [-0.4, -0.2) is 39.0 Å². The number of amides is 3. The van der Waals surface area contributed by atoms with Gasteiger partial charge in [0.15, 0.2) is 11.0 Å². The molecule has 0 atom stereocenters. The van der Waals surface area contributed by atoms with Gasteiger partial charge in [-0.2, -0.15) is 0 Å². The van der Waals surface area contributed by atoms with Crippen LogP contribution in [0.4, 0.5) is 9.18 Å². The van der Waals surface area contributed by atoms with Gasteiger partial charge in [-0.15, -0.1) is 10.2 Å². The van der Waals surface area contributed by atoms with Crippen molar-refractivity contribution >= 4 is 35.3 Å². The molecule has 0 unspecified atom stereocenters. The predicted molar refractivity (Wildman–Crippen MR) is 114 cm³/mol. The molecule has 30 heavy (non-hydrogen) atoms. The lowest BCUT2D eigenvalue weighted by atomic mass is 10.2. The fourth-order valence-corrected chi connectivity index (χ4v) is 3.57. The summed E-state index contributed by atoms with van der Waals surface area (Å²) in [5, 5.41) is 13.8. The lowest BCUT2D eigenvalue weighted by Gasteiger charge is -2.12. The lowest BCUT2D eigenvalue weighted by Crippen LogP contribution is -2.40. The molecule has 0 aliphatic carbocycles. The van der Waals surface area contributed by atoms with Gasteiger partial charge < -0.3 is 5.32 Å². The van der Waals surface area contributed by atoms with Crippen molar-refractivity contribution in [2.75, 3.05) is 12.3 Å². The number of rotatable bonds is 7. The van der Waals surface area contributed by atoms with Crippen LogP contribution in [0.2, 0.25) is 5.02 Å². The maximum Gasteiger partial charge on any atom is 0.321 e. The number of nitrogens with one attached hydrogen (secondary N) is 2. The average Bonchev–Trinajstić information content (AvgIpc) is 3.15. The van der Waals surface area contributed by atoms with Crippen LogP contribution in [0, 0.1) is 5.82 Å². The highest BCUT2D eigenvalue weighted by Gasteiger charge is 2.21. The van der Waals surface area contributed by atoms with Crippen molar-refractivity contribution in [3.8, 4) is 17.1 Å². The Kier molecular flexibility index (Phi) is 7.42. The number of imide groups is 1. The number of hydrogen-bond acceptors (Lipinski definition) is 5. The summed E-state index contributed by atoms with van der Waals surface area (Å²) in [4.78, 5) is 23.7. The summed E-state index contributed by atoms with van der Waals surface area (Å²) >= 11 is 7.34. The van der Waals surface area contributed by atoms with Gasteiger partial charge in [0.25, 0.3) is 0 Å². The third kappa shape index (κ3) is 5.17. The number of aromatic nitrogens is 3. The summed E-state index contributed by atoms with van der Waals surface area (Å²) in [5.74, 6) is -0.740. The topological polar surface area (TPSA) is 88.9 Å². The number of thioether (sulfide) groups is 1. The van der Waals surface area contributed by atoms with Crippen LogP contribution in [0.15, 0.2) is 53.7 Å². The Morgan fingerprint density at radius 3 is 2.60 bits per heavy atom. The van der Waals surface area contributed by atoms with E-state index >= 15 is 0 Å². The van der Waals surface area contributed by atoms with Gasteiger partial charge in [0.2, 0.25) is 5.91 Å². The first kappa shape index (κ1) is 21.8. The first-order valence-electron chi connectivity index (χ1n) is 9.17. The summed E-state index contributed by atoms with van der Waals surface area (Å²) in [6, 6.07) is 12.6. The van der Waals surface area contributed by atoms with Gasteiger partial charge in [0, 0.05) is 12.1 Å². The molecule has 0 spiro atoms. The Balaban J connectivity index is 1.89. The fraction of sp³-hybridized carbons (Fsp3) is 0.200. The van der Waals surface area contributed by atoms with Gasteiger partial charge in [-0.25, -0.2) is 9.18 Å². The maximum absolute atomic E-state index is 14.6. The van der Waals surface area contributed by atoms with Crippen molar-refractivity contribution in [3.63, 3.8) is 0 Å². The zero-order valence-corrected chi connectivity index (χ0v) is 17.6. The molecule has 0 aliphatic rings. The molecule has 0 saturated carbocycles. The normalized spacial score (nSPS) is 10.6. The monoisotopic (exact) mass is 447 g/mol. The molecule has 1 heterocycles. The van der Waals surface area contributed by atoms with Crippen LogP contribution in [0.3, 0.4) is 0 Å². The summed E-state index contributed by atoms with van der Waals surface area (Å²) < 4.78 is 16.1. The standard InChI is InChI=1S/C20H19ClFN5O2S/c1-2-11-23-19(29)24-17(28)12-30-20-26-25-18(13-7-3-4-8-14(13)21)27(20)16-10-6-5-9-15(16)22/h3-10H,2,11-12H2,1H3,(H2,23,24,28,29). The van der Waals surface area contributed by atoms with Crippen LogP contribution >= 0.6 is 23.4 Å². The Bertz CT molecular complexity index is 1060. The number of hydrogen-bond donors (Lipinski definition) is 2. The van der Waals surface area contributed by atoms with Crippen LogP contribution in [0.5, 0.6) is 0 Å². The Labute approximate surface area is 182 Å². The molecular weight excluding hydrogens is 429 g/mol. The largest absolute Gasteiger partial charge is 0.338 e.